The first-order chi connectivity index (χ1) is 9.15. The van der Waals surface area contributed by atoms with Crippen molar-refractivity contribution in [1.29, 1.82) is 0 Å². The molecule has 0 aliphatic rings. The molecule has 2 aromatic rings. The lowest BCUT2D eigenvalue weighted by Crippen LogP contribution is -2.09. The molecule has 7 heteroatoms. The Bertz CT molecular complexity index is 528. The van der Waals surface area contributed by atoms with Crippen LogP contribution >= 0.6 is 0 Å². The van der Waals surface area contributed by atoms with E-state index >= 15 is 0 Å². The minimum absolute atomic E-state index is 0.472. The summed E-state index contributed by atoms with van der Waals surface area (Å²) in [5.74, 6) is 0. The fourth-order valence-corrected chi connectivity index (χ4v) is 1.84. The molecule has 0 fully saturated rings. The topological polar surface area (TPSA) is 67.0 Å². The Morgan fingerprint density at radius 1 is 1.21 bits per heavy atom. The van der Waals surface area contributed by atoms with Gasteiger partial charge in [0.25, 0.3) is 0 Å². The number of nitrogens with zero attached hydrogens (tertiary/aromatic N) is 5. The molecule has 0 aromatic carbocycles. The molecule has 2 rings (SSSR count). The van der Waals surface area contributed by atoms with Gasteiger partial charge >= 0.3 is 0 Å². The molecule has 0 saturated carbocycles. The fourth-order valence-electron chi connectivity index (χ4n) is 1.84. The van der Waals surface area contributed by atoms with Crippen molar-refractivity contribution in [2.75, 3.05) is 13.2 Å². The normalized spacial score (nSPS) is 11.4. The Morgan fingerprint density at radius 2 is 1.89 bits per heavy atom. The lowest BCUT2D eigenvalue weighted by molar-refractivity contribution is -0.142. The van der Waals surface area contributed by atoms with E-state index in [9.17, 15) is 0 Å². The van der Waals surface area contributed by atoms with E-state index in [0.717, 1.165) is 11.4 Å². The zero-order chi connectivity index (χ0) is 13.8. The largest absolute Gasteiger partial charge is 0.347 e. The molecule has 2 aromatic heterocycles. The number of rotatable bonds is 6. The van der Waals surface area contributed by atoms with Crippen LogP contribution in [0.15, 0.2) is 12.4 Å². The third-order valence-corrected chi connectivity index (χ3v) is 2.62. The summed E-state index contributed by atoms with van der Waals surface area (Å²) in [4.78, 5) is 0. The SMILES string of the molecule is CCOC(OCC)c1cn(-c2cn(C)nc2C)nn1. The molecule has 0 bridgehead atoms. The van der Waals surface area contributed by atoms with Crippen molar-refractivity contribution in [1.82, 2.24) is 24.8 Å². The van der Waals surface area contributed by atoms with E-state index in [4.69, 9.17) is 9.47 Å². The molecule has 0 atom stereocenters. The molecule has 0 N–H and O–H groups in total. The van der Waals surface area contributed by atoms with Crippen molar-refractivity contribution in [3.8, 4) is 5.69 Å². The average molecular weight is 265 g/mol. The molecule has 0 saturated heterocycles. The monoisotopic (exact) mass is 265 g/mol. The van der Waals surface area contributed by atoms with Crippen molar-refractivity contribution in [2.24, 2.45) is 7.05 Å². The highest BCUT2D eigenvalue weighted by Crippen LogP contribution is 2.18. The van der Waals surface area contributed by atoms with Crippen LogP contribution in [0, 0.1) is 6.92 Å². The summed E-state index contributed by atoms with van der Waals surface area (Å²) in [6.07, 6.45) is 3.23. The summed E-state index contributed by atoms with van der Waals surface area (Å²) in [5.41, 5.74) is 2.45. The van der Waals surface area contributed by atoms with Gasteiger partial charge in [-0.25, -0.2) is 4.68 Å². The fraction of sp³-hybridized carbons (Fsp3) is 0.583. The van der Waals surface area contributed by atoms with Crippen LogP contribution in [0.5, 0.6) is 0 Å². The average Bonchev–Trinajstić information content (AvgIpc) is 2.95. The maximum atomic E-state index is 5.49. The highest BCUT2D eigenvalue weighted by Gasteiger charge is 2.17. The summed E-state index contributed by atoms with van der Waals surface area (Å²) in [5, 5.41) is 12.5. The van der Waals surface area contributed by atoms with Crippen molar-refractivity contribution in [3.63, 3.8) is 0 Å². The molecule has 0 amide bonds. The van der Waals surface area contributed by atoms with Crippen LogP contribution in [0.2, 0.25) is 0 Å². The Morgan fingerprint density at radius 3 is 2.42 bits per heavy atom. The second-order valence-electron chi connectivity index (χ2n) is 4.10. The maximum Gasteiger partial charge on any atom is 0.204 e. The molecule has 19 heavy (non-hydrogen) atoms. The van der Waals surface area contributed by atoms with Crippen molar-refractivity contribution in [2.45, 2.75) is 27.1 Å². The smallest absolute Gasteiger partial charge is 0.204 e. The lowest BCUT2D eigenvalue weighted by Gasteiger charge is -2.13. The van der Waals surface area contributed by atoms with Crippen LogP contribution in [-0.2, 0) is 16.5 Å². The second kappa shape index (κ2) is 5.94. The molecular formula is C12H19N5O2. The molecule has 0 radical (unpaired) electrons. The minimum atomic E-state index is -0.472. The van der Waals surface area contributed by atoms with Gasteiger partial charge in [-0.3, -0.25) is 4.68 Å². The Labute approximate surface area is 112 Å². The number of ether oxygens (including phenoxy) is 2. The van der Waals surface area contributed by atoms with Gasteiger partial charge in [-0.05, 0) is 20.8 Å². The number of hydrogen-bond acceptors (Lipinski definition) is 5. The summed E-state index contributed by atoms with van der Waals surface area (Å²) < 4.78 is 14.4. The van der Waals surface area contributed by atoms with E-state index in [1.165, 1.54) is 0 Å². The van der Waals surface area contributed by atoms with Crippen LogP contribution in [0.25, 0.3) is 5.69 Å². The standard InChI is InChI=1S/C12H19N5O2/c1-5-18-12(19-6-2)10-7-17(15-13-10)11-8-16(4)14-9(11)3/h7-8,12H,5-6H2,1-4H3. The second-order valence-corrected chi connectivity index (χ2v) is 4.10. The molecule has 104 valence electrons. The molecule has 0 unspecified atom stereocenters. The quantitative estimate of drug-likeness (QED) is 0.738. The van der Waals surface area contributed by atoms with Gasteiger partial charge in [0.15, 0.2) is 0 Å². The summed E-state index contributed by atoms with van der Waals surface area (Å²) >= 11 is 0. The van der Waals surface area contributed by atoms with Crippen molar-refractivity contribution >= 4 is 0 Å². The number of hydrogen-bond donors (Lipinski definition) is 0. The van der Waals surface area contributed by atoms with Crippen LogP contribution in [0.1, 0.15) is 31.5 Å². The summed E-state index contributed by atoms with van der Waals surface area (Å²) in [6.45, 7) is 6.88. The first kappa shape index (κ1) is 13.7. The van der Waals surface area contributed by atoms with E-state index in [-0.39, 0.29) is 0 Å². The van der Waals surface area contributed by atoms with Crippen LogP contribution in [0.3, 0.4) is 0 Å². The molecule has 0 aliphatic carbocycles. The molecule has 0 spiro atoms. The molecule has 7 nitrogen and oxygen atoms in total. The van der Waals surface area contributed by atoms with Gasteiger partial charge in [0.1, 0.15) is 11.4 Å². The van der Waals surface area contributed by atoms with Gasteiger partial charge in [-0.15, -0.1) is 5.10 Å². The summed E-state index contributed by atoms with van der Waals surface area (Å²) in [6, 6.07) is 0. The minimum Gasteiger partial charge on any atom is -0.347 e. The molecular weight excluding hydrogens is 246 g/mol. The van der Waals surface area contributed by atoms with Gasteiger partial charge in [0, 0.05) is 20.3 Å². The first-order valence-corrected chi connectivity index (χ1v) is 6.31. The van der Waals surface area contributed by atoms with Gasteiger partial charge in [0.05, 0.1) is 18.1 Å². The maximum absolute atomic E-state index is 5.49. The third-order valence-electron chi connectivity index (χ3n) is 2.62. The van der Waals surface area contributed by atoms with Crippen molar-refractivity contribution < 1.29 is 9.47 Å². The van der Waals surface area contributed by atoms with E-state index in [2.05, 4.69) is 15.4 Å². The Kier molecular flexibility index (Phi) is 4.28. The predicted octanol–water partition coefficient (Wildman–Crippen LogP) is 1.38. The van der Waals surface area contributed by atoms with Gasteiger partial charge in [-0.1, -0.05) is 5.21 Å². The zero-order valence-corrected chi connectivity index (χ0v) is 11.7. The zero-order valence-electron chi connectivity index (χ0n) is 11.7. The van der Waals surface area contributed by atoms with Crippen molar-refractivity contribution in [3.05, 3.63) is 23.8 Å². The number of aromatic nitrogens is 5. The Hall–Kier alpha value is -1.73. The van der Waals surface area contributed by atoms with Gasteiger partial charge in [-0.2, -0.15) is 5.10 Å². The molecule has 0 aliphatic heterocycles. The summed E-state index contributed by atoms with van der Waals surface area (Å²) in [7, 11) is 1.87. The third kappa shape index (κ3) is 2.99. The number of aryl methyl sites for hydroxylation is 2. The van der Waals surface area contributed by atoms with Crippen LogP contribution < -0.4 is 0 Å². The lowest BCUT2D eigenvalue weighted by atomic mass is 10.4. The first-order valence-electron chi connectivity index (χ1n) is 6.31. The van der Waals surface area contributed by atoms with E-state index in [1.807, 2.05) is 34.0 Å². The van der Waals surface area contributed by atoms with E-state index < -0.39 is 6.29 Å². The highest BCUT2D eigenvalue weighted by molar-refractivity contribution is 5.32. The van der Waals surface area contributed by atoms with E-state index in [0.29, 0.717) is 18.9 Å². The Balaban J connectivity index is 2.24. The predicted molar refractivity (Wildman–Crippen MR) is 68.9 cm³/mol. The van der Waals surface area contributed by atoms with Gasteiger partial charge < -0.3 is 9.47 Å². The van der Waals surface area contributed by atoms with Crippen LogP contribution in [0.4, 0.5) is 0 Å². The van der Waals surface area contributed by atoms with Gasteiger partial charge in [0.2, 0.25) is 6.29 Å². The van der Waals surface area contributed by atoms with Crippen LogP contribution in [-0.4, -0.2) is 38.0 Å². The van der Waals surface area contributed by atoms with E-state index in [1.54, 1.807) is 15.6 Å². The molecule has 2 heterocycles. The highest BCUT2D eigenvalue weighted by atomic mass is 16.7.